The van der Waals surface area contributed by atoms with Crippen LogP contribution in [0, 0.1) is 0 Å². The van der Waals surface area contributed by atoms with Crippen molar-refractivity contribution in [3.8, 4) is 11.3 Å². The predicted octanol–water partition coefficient (Wildman–Crippen LogP) is 0.224. The van der Waals surface area contributed by atoms with Gasteiger partial charge < -0.3 is 5.73 Å². The zero-order chi connectivity index (χ0) is 9.97. The smallest absolute Gasteiger partial charge is 0.269 e. The van der Waals surface area contributed by atoms with Crippen LogP contribution in [0.25, 0.3) is 11.3 Å². The third-order valence-corrected chi connectivity index (χ3v) is 2.03. The van der Waals surface area contributed by atoms with E-state index in [1.54, 1.807) is 18.5 Å². The Morgan fingerprint density at radius 1 is 1.43 bits per heavy atom. The highest BCUT2D eigenvalue weighted by molar-refractivity contribution is 5.61. The molecule has 0 bridgehead atoms. The summed E-state index contributed by atoms with van der Waals surface area (Å²) in [5, 5.41) is 5.28. The van der Waals surface area contributed by atoms with Crippen LogP contribution < -0.4 is 11.3 Å². The zero-order valence-electron chi connectivity index (χ0n) is 7.45. The van der Waals surface area contributed by atoms with E-state index in [-0.39, 0.29) is 12.1 Å². The summed E-state index contributed by atoms with van der Waals surface area (Å²) in [5.74, 6) is 0. The molecule has 0 spiro atoms. The quantitative estimate of drug-likeness (QED) is 0.633. The van der Waals surface area contributed by atoms with Gasteiger partial charge in [-0.15, -0.1) is 0 Å². The van der Waals surface area contributed by atoms with Crippen molar-refractivity contribution in [3.05, 3.63) is 40.4 Å². The summed E-state index contributed by atoms with van der Waals surface area (Å²) in [6.45, 7) is 0.211. The minimum Gasteiger partial charge on any atom is -0.326 e. The third-order valence-electron chi connectivity index (χ3n) is 2.03. The Morgan fingerprint density at radius 3 is 2.93 bits per heavy atom. The molecule has 0 atom stereocenters. The van der Waals surface area contributed by atoms with Crippen LogP contribution in [-0.4, -0.2) is 15.2 Å². The van der Waals surface area contributed by atoms with Gasteiger partial charge in [-0.1, -0.05) is 0 Å². The molecule has 2 aromatic heterocycles. The number of nitrogens with zero attached hydrogens (tertiary/aromatic N) is 1. The van der Waals surface area contributed by atoms with Crippen molar-refractivity contribution >= 4 is 0 Å². The van der Waals surface area contributed by atoms with Crippen molar-refractivity contribution in [1.82, 2.24) is 15.2 Å². The lowest BCUT2D eigenvalue weighted by Crippen LogP contribution is -2.10. The van der Waals surface area contributed by atoms with Gasteiger partial charge in [-0.3, -0.25) is 20.0 Å². The van der Waals surface area contributed by atoms with E-state index in [1.165, 1.54) is 0 Å². The third kappa shape index (κ3) is 1.33. The van der Waals surface area contributed by atoms with Crippen molar-refractivity contribution in [2.75, 3.05) is 0 Å². The fraction of sp³-hybridized carbons (Fsp3) is 0.111. The first-order valence-corrected chi connectivity index (χ1v) is 4.23. The van der Waals surface area contributed by atoms with Crippen molar-refractivity contribution in [2.45, 2.75) is 6.54 Å². The van der Waals surface area contributed by atoms with Gasteiger partial charge in [-0.25, -0.2) is 0 Å². The molecule has 0 aliphatic rings. The van der Waals surface area contributed by atoms with Crippen LogP contribution in [0.4, 0.5) is 0 Å². The molecular formula is C9H10N4O. The Kier molecular flexibility index (Phi) is 2.16. The summed E-state index contributed by atoms with van der Waals surface area (Å²) in [4.78, 5) is 15.2. The molecule has 0 amide bonds. The SMILES string of the molecule is NCc1c(-c2cccnc2)[nH][nH]c1=O. The summed E-state index contributed by atoms with van der Waals surface area (Å²) in [7, 11) is 0. The second kappa shape index (κ2) is 3.47. The summed E-state index contributed by atoms with van der Waals surface area (Å²) in [6, 6.07) is 3.67. The number of aromatic nitrogens is 3. The zero-order valence-corrected chi connectivity index (χ0v) is 7.45. The van der Waals surface area contributed by atoms with E-state index in [4.69, 9.17) is 5.73 Å². The number of hydrogen-bond donors (Lipinski definition) is 3. The standard InChI is InChI=1S/C9H10N4O/c10-4-7-8(12-13-9(7)14)6-2-1-3-11-5-6/h1-3,5H,4,10H2,(H2,12,13,14). The van der Waals surface area contributed by atoms with Crippen LogP contribution in [0.2, 0.25) is 0 Å². The van der Waals surface area contributed by atoms with Crippen LogP contribution in [0.1, 0.15) is 5.56 Å². The molecule has 0 radical (unpaired) electrons. The van der Waals surface area contributed by atoms with Crippen LogP contribution in [0.15, 0.2) is 29.3 Å². The van der Waals surface area contributed by atoms with Gasteiger partial charge in [-0.05, 0) is 12.1 Å². The van der Waals surface area contributed by atoms with E-state index in [0.717, 1.165) is 5.56 Å². The first kappa shape index (κ1) is 8.71. The molecule has 72 valence electrons. The van der Waals surface area contributed by atoms with Crippen LogP contribution in [-0.2, 0) is 6.54 Å². The Labute approximate surface area is 80.0 Å². The van der Waals surface area contributed by atoms with Gasteiger partial charge in [0.1, 0.15) is 0 Å². The fourth-order valence-electron chi connectivity index (χ4n) is 1.34. The van der Waals surface area contributed by atoms with Gasteiger partial charge in [0, 0.05) is 24.5 Å². The van der Waals surface area contributed by atoms with E-state index < -0.39 is 0 Å². The van der Waals surface area contributed by atoms with E-state index in [1.807, 2.05) is 6.07 Å². The monoisotopic (exact) mass is 190 g/mol. The Balaban J connectivity index is 2.57. The normalized spacial score (nSPS) is 10.4. The topological polar surface area (TPSA) is 87.6 Å². The lowest BCUT2D eigenvalue weighted by Gasteiger charge is -1.98. The van der Waals surface area contributed by atoms with E-state index in [0.29, 0.717) is 11.3 Å². The highest BCUT2D eigenvalue weighted by Gasteiger charge is 2.09. The second-order valence-electron chi connectivity index (χ2n) is 2.88. The van der Waals surface area contributed by atoms with E-state index in [9.17, 15) is 4.79 Å². The molecule has 0 aliphatic heterocycles. The molecule has 0 unspecified atom stereocenters. The van der Waals surface area contributed by atoms with Crippen molar-refractivity contribution < 1.29 is 0 Å². The van der Waals surface area contributed by atoms with Gasteiger partial charge in [0.25, 0.3) is 5.56 Å². The Bertz CT molecular complexity index is 471. The maximum atomic E-state index is 11.3. The number of pyridine rings is 1. The van der Waals surface area contributed by atoms with Gasteiger partial charge >= 0.3 is 0 Å². The van der Waals surface area contributed by atoms with Gasteiger partial charge in [0.05, 0.1) is 11.3 Å². The molecule has 2 rings (SSSR count). The fourth-order valence-corrected chi connectivity index (χ4v) is 1.34. The van der Waals surface area contributed by atoms with Gasteiger partial charge in [-0.2, -0.15) is 0 Å². The molecular weight excluding hydrogens is 180 g/mol. The second-order valence-corrected chi connectivity index (χ2v) is 2.88. The largest absolute Gasteiger partial charge is 0.326 e. The number of hydrogen-bond acceptors (Lipinski definition) is 3. The highest BCUT2D eigenvalue weighted by atomic mass is 16.1. The molecule has 5 heteroatoms. The number of H-pyrrole nitrogens is 2. The highest BCUT2D eigenvalue weighted by Crippen LogP contribution is 2.16. The van der Waals surface area contributed by atoms with E-state index in [2.05, 4.69) is 15.2 Å². The molecule has 14 heavy (non-hydrogen) atoms. The first-order chi connectivity index (χ1) is 6.83. The summed E-state index contributed by atoms with van der Waals surface area (Å²) < 4.78 is 0. The molecule has 2 heterocycles. The van der Waals surface area contributed by atoms with Gasteiger partial charge in [0.2, 0.25) is 0 Å². The summed E-state index contributed by atoms with van der Waals surface area (Å²) in [5.41, 5.74) is 7.42. The predicted molar refractivity (Wildman–Crippen MR) is 52.5 cm³/mol. The number of aromatic amines is 2. The van der Waals surface area contributed by atoms with Crippen LogP contribution >= 0.6 is 0 Å². The number of nitrogens with two attached hydrogens (primary N) is 1. The van der Waals surface area contributed by atoms with Crippen molar-refractivity contribution in [3.63, 3.8) is 0 Å². The average Bonchev–Trinajstić information content (AvgIpc) is 2.61. The lowest BCUT2D eigenvalue weighted by atomic mass is 10.1. The van der Waals surface area contributed by atoms with Crippen LogP contribution in [0.5, 0.6) is 0 Å². The molecule has 4 N–H and O–H groups in total. The maximum absolute atomic E-state index is 11.3. The molecule has 0 aromatic carbocycles. The van der Waals surface area contributed by atoms with Crippen molar-refractivity contribution in [1.29, 1.82) is 0 Å². The Morgan fingerprint density at radius 2 is 2.29 bits per heavy atom. The molecule has 0 fully saturated rings. The number of rotatable bonds is 2. The molecule has 0 saturated heterocycles. The van der Waals surface area contributed by atoms with E-state index >= 15 is 0 Å². The molecule has 5 nitrogen and oxygen atoms in total. The molecule has 2 aromatic rings. The van der Waals surface area contributed by atoms with Gasteiger partial charge in [0.15, 0.2) is 0 Å². The first-order valence-electron chi connectivity index (χ1n) is 4.23. The Hall–Kier alpha value is -1.88. The molecule has 0 saturated carbocycles. The number of nitrogens with one attached hydrogen (secondary N) is 2. The van der Waals surface area contributed by atoms with Crippen LogP contribution in [0.3, 0.4) is 0 Å². The summed E-state index contributed by atoms with van der Waals surface area (Å²) >= 11 is 0. The summed E-state index contributed by atoms with van der Waals surface area (Å²) in [6.07, 6.45) is 3.36. The average molecular weight is 190 g/mol. The minimum absolute atomic E-state index is 0.175. The minimum atomic E-state index is -0.175. The molecule has 0 aliphatic carbocycles. The maximum Gasteiger partial charge on any atom is 0.269 e. The lowest BCUT2D eigenvalue weighted by molar-refractivity contribution is 1.04. The van der Waals surface area contributed by atoms with Crippen molar-refractivity contribution in [2.24, 2.45) is 5.73 Å².